The quantitative estimate of drug-likeness (QED) is 0.857. The van der Waals surface area contributed by atoms with Crippen LogP contribution in [0.2, 0.25) is 0 Å². The Morgan fingerprint density at radius 1 is 1.45 bits per heavy atom. The van der Waals surface area contributed by atoms with Crippen LogP contribution in [0.1, 0.15) is 43.1 Å². The number of nitrogens with one attached hydrogen (secondary N) is 1. The molecule has 2 rings (SSSR count). The van der Waals surface area contributed by atoms with E-state index in [1.54, 1.807) is 24.4 Å². The molecule has 0 aromatic carbocycles. The number of ether oxygens (including phenoxy) is 1. The maximum atomic E-state index is 12.3. The SMILES string of the molecule is COC(=O)C1(NC(=O)c2ccccn2)CCCC(C)C1. The van der Waals surface area contributed by atoms with Crippen LogP contribution in [0.5, 0.6) is 0 Å². The average molecular weight is 276 g/mol. The lowest BCUT2D eigenvalue weighted by atomic mass is 9.76. The maximum absolute atomic E-state index is 12.3. The Kier molecular flexibility index (Phi) is 4.37. The normalized spacial score (nSPS) is 25.8. The Hall–Kier alpha value is -1.91. The molecule has 5 heteroatoms. The van der Waals surface area contributed by atoms with E-state index in [-0.39, 0.29) is 11.9 Å². The van der Waals surface area contributed by atoms with Gasteiger partial charge in [0.1, 0.15) is 11.2 Å². The third kappa shape index (κ3) is 2.98. The lowest BCUT2D eigenvalue weighted by Gasteiger charge is -2.37. The molecule has 2 atom stereocenters. The van der Waals surface area contributed by atoms with Crippen molar-refractivity contribution in [2.24, 2.45) is 5.92 Å². The van der Waals surface area contributed by atoms with Gasteiger partial charge in [-0.15, -0.1) is 0 Å². The topological polar surface area (TPSA) is 68.3 Å². The molecule has 1 aromatic heterocycles. The molecule has 0 aliphatic heterocycles. The lowest BCUT2D eigenvalue weighted by molar-refractivity contribution is -0.150. The van der Waals surface area contributed by atoms with Crippen LogP contribution >= 0.6 is 0 Å². The molecule has 5 nitrogen and oxygen atoms in total. The van der Waals surface area contributed by atoms with E-state index < -0.39 is 5.54 Å². The van der Waals surface area contributed by atoms with E-state index in [0.717, 1.165) is 12.8 Å². The number of nitrogens with zero attached hydrogens (tertiary/aromatic N) is 1. The molecule has 108 valence electrons. The number of carbonyl (C=O) groups excluding carboxylic acids is 2. The van der Waals surface area contributed by atoms with Crippen LogP contribution in [0.25, 0.3) is 0 Å². The highest BCUT2D eigenvalue weighted by molar-refractivity contribution is 5.96. The van der Waals surface area contributed by atoms with Crippen LogP contribution < -0.4 is 5.32 Å². The van der Waals surface area contributed by atoms with Gasteiger partial charge in [-0.2, -0.15) is 0 Å². The Bertz CT molecular complexity index is 489. The van der Waals surface area contributed by atoms with Crippen molar-refractivity contribution in [3.05, 3.63) is 30.1 Å². The molecule has 20 heavy (non-hydrogen) atoms. The summed E-state index contributed by atoms with van der Waals surface area (Å²) in [6.07, 6.45) is 4.75. The summed E-state index contributed by atoms with van der Waals surface area (Å²) in [5.41, 5.74) is -0.602. The van der Waals surface area contributed by atoms with Crippen molar-refractivity contribution in [2.45, 2.75) is 38.1 Å². The van der Waals surface area contributed by atoms with Crippen molar-refractivity contribution in [1.29, 1.82) is 0 Å². The number of hydrogen-bond donors (Lipinski definition) is 1. The smallest absolute Gasteiger partial charge is 0.331 e. The van der Waals surface area contributed by atoms with E-state index in [0.29, 0.717) is 24.5 Å². The molecular weight excluding hydrogens is 256 g/mol. The largest absolute Gasteiger partial charge is 0.467 e. The first kappa shape index (κ1) is 14.5. The maximum Gasteiger partial charge on any atom is 0.331 e. The van der Waals surface area contributed by atoms with Crippen LogP contribution in [0, 0.1) is 5.92 Å². The third-order valence-corrected chi connectivity index (χ3v) is 3.82. The van der Waals surface area contributed by atoms with E-state index in [1.807, 2.05) is 0 Å². The summed E-state index contributed by atoms with van der Waals surface area (Å²) in [7, 11) is 1.36. The van der Waals surface area contributed by atoms with E-state index >= 15 is 0 Å². The van der Waals surface area contributed by atoms with Crippen molar-refractivity contribution in [2.75, 3.05) is 7.11 Å². The van der Waals surface area contributed by atoms with Crippen LogP contribution in [0.4, 0.5) is 0 Å². The molecule has 1 saturated carbocycles. The van der Waals surface area contributed by atoms with Crippen LogP contribution in [0.15, 0.2) is 24.4 Å². The predicted molar refractivity (Wildman–Crippen MR) is 74.1 cm³/mol. The number of pyridine rings is 1. The fourth-order valence-corrected chi connectivity index (χ4v) is 2.88. The van der Waals surface area contributed by atoms with Crippen LogP contribution in [-0.2, 0) is 9.53 Å². The van der Waals surface area contributed by atoms with Gasteiger partial charge in [0.15, 0.2) is 0 Å². The van der Waals surface area contributed by atoms with Crippen molar-refractivity contribution in [3.8, 4) is 0 Å². The van der Waals surface area contributed by atoms with Gasteiger partial charge in [-0.1, -0.05) is 25.8 Å². The number of methoxy groups -OCH3 is 1. The van der Waals surface area contributed by atoms with Gasteiger partial charge in [-0.3, -0.25) is 9.78 Å². The minimum Gasteiger partial charge on any atom is -0.467 e. The zero-order valence-corrected chi connectivity index (χ0v) is 11.9. The Morgan fingerprint density at radius 3 is 2.85 bits per heavy atom. The highest BCUT2D eigenvalue weighted by Gasteiger charge is 2.44. The highest BCUT2D eigenvalue weighted by atomic mass is 16.5. The second kappa shape index (κ2) is 6.03. The molecule has 1 aromatic rings. The van der Waals surface area contributed by atoms with Gasteiger partial charge in [0.25, 0.3) is 5.91 Å². The van der Waals surface area contributed by atoms with Gasteiger partial charge in [0.2, 0.25) is 0 Å². The summed E-state index contributed by atoms with van der Waals surface area (Å²) >= 11 is 0. The molecule has 1 heterocycles. The van der Waals surface area contributed by atoms with Crippen LogP contribution in [0.3, 0.4) is 0 Å². The first-order valence-corrected chi connectivity index (χ1v) is 6.89. The number of aromatic nitrogens is 1. The minimum absolute atomic E-state index is 0.314. The Labute approximate surface area is 118 Å². The minimum atomic E-state index is -0.916. The lowest BCUT2D eigenvalue weighted by Crippen LogP contribution is -2.57. The average Bonchev–Trinajstić information content (AvgIpc) is 2.47. The van der Waals surface area contributed by atoms with E-state index in [2.05, 4.69) is 17.2 Å². The summed E-state index contributed by atoms with van der Waals surface area (Å²) in [6, 6.07) is 5.12. The monoisotopic (exact) mass is 276 g/mol. The molecule has 1 aliphatic carbocycles. The second-order valence-electron chi connectivity index (χ2n) is 5.44. The molecule has 1 N–H and O–H groups in total. The number of carbonyl (C=O) groups is 2. The first-order chi connectivity index (χ1) is 9.57. The summed E-state index contributed by atoms with van der Waals surface area (Å²) in [6.45, 7) is 2.09. The summed E-state index contributed by atoms with van der Waals surface area (Å²) in [5, 5.41) is 2.85. The number of rotatable bonds is 3. The molecular formula is C15H20N2O3. The molecule has 1 aliphatic rings. The van der Waals surface area contributed by atoms with E-state index in [4.69, 9.17) is 4.74 Å². The van der Waals surface area contributed by atoms with Crippen molar-refractivity contribution >= 4 is 11.9 Å². The van der Waals surface area contributed by atoms with Gasteiger partial charge in [0, 0.05) is 6.20 Å². The first-order valence-electron chi connectivity index (χ1n) is 6.89. The third-order valence-electron chi connectivity index (χ3n) is 3.82. The van der Waals surface area contributed by atoms with Crippen molar-refractivity contribution < 1.29 is 14.3 Å². The number of hydrogen-bond acceptors (Lipinski definition) is 4. The predicted octanol–water partition coefficient (Wildman–Crippen LogP) is 1.93. The summed E-state index contributed by atoms with van der Waals surface area (Å²) in [5.74, 6) is -0.315. The fraction of sp³-hybridized carbons (Fsp3) is 0.533. The van der Waals surface area contributed by atoms with Crippen LogP contribution in [-0.4, -0.2) is 29.5 Å². The Balaban J connectivity index is 2.20. The zero-order chi connectivity index (χ0) is 14.6. The van der Waals surface area contributed by atoms with Gasteiger partial charge in [0.05, 0.1) is 7.11 Å². The van der Waals surface area contributed by atoms with Gasteiger partial charge >= 0.3 is 5.97 Å². The Morgan fingerprint density at radius 2 is 2.25 bits per heavy atom. The van der Waals surface area contributed by atoms with E-state index in [9.17, 15) is 9.59 Å². The molecule has 1 amide bonds. The molecule has 2 unspecified atom stereocenters. The molecule has 0 radical (unpaired) electrons. The number of esters is 1. The molecule has 0 saturated heterocycles. The highest BCUT2D eigenvalue weighted by Crippen LogP contribution is 2.33. The standard InChI is InChI=1S/C15H20N2O3/c1-11-6-5-8-15(10-11,14(19)20-2)17-13(18)12-7-3-4-9-16-12/h3-4,7,9,11H,5-6,8,10H2,1-2H3,(H,17,18). The van der Waals surface area contributed by atoms with Gasteiger partial charge in [-0.05, 0) is 30.9 Å². The van der Waals surface area contributed by atoms with Gasteiger partial charge < -0.3 is 10.1 Å². The second-order valence-corrected chi connectivity index (χ2v) is 5.44. The van der Waals surface area contributed by atoms with Gasteiger partial charge in [-0.25, -0.2) is 4.79 Å². The summed E-state index contributed by atoms with van der Waals surface area (Å²) in [4.78, 5) is 28.4. The van der Waals surface area contributed by atoms with Crippen molar-refractivity contribution in [3.63, 3.8) is 0 Å². The number of amides is 1. The van der Waals surface area contributed by atoms with Crippen molar-refractivity contribution in [1.82, 2.24) is 10.3 Å². The molecule has 0 bridgehead atoms. The fourth-order valence-electron chi connectivity index (χ4n) is 2.88. The summed E-state index contributed by atoms with van der Waals surface area (Å²) < 4.78 is 4.90. The molecule has 0 spiro atoms. The molecule has 1 fully saturated rings. The van der Waals surface area contributed by atoms with E-state index in [1.165, 1.54) is 7.11 Å². The zero-order valence-electron chi connectivity index (χ0n) is 11.9.